The predicted octanol–water partition coefficient (Wildman–Crippen LogP) is 0.854. The first-order chi connectivity index (χ1) is 33.6. The minimum atomic E-state index is -1.65. The summed E-state index contributed by atoms with van der Waals surface area (Å²) in [7, 11) is 0. The van der Waals surface area contributed by atoms with Gasteiger partial charge in [-0.25, -0.2) is 0 Å². The number of primary amides is 3. The van der Waals surface area contributed by atoms with E-state index >= 15 is 0 Å². The van der Waals surface area contributed by atoms with E-state index in [1.807, 2.05) is 6.07 Å². The van der Waals surface area contributed by atoms with Crippen LogP contribution in [0.25, 0.3) is 6.08 Å². The Morgan fingerprint density at radius 1 is 0.648 bits per heavy atom. The molecule has 0 radical (unpaired) electrons. The number of nitrogens with one attached hydrogen (secondary N) is 6. The summed E-state index contributed by atoms with van der Waals surface area (Å²) in [5.41, 5.74) is 28.9. The number of halogens is 2. The Kier molecular flexibility index (Phi) is 24.8. The third kappa shape index (κ3) is 22.3. The molecule has 3 rings (SSSR count). The van der Waals surface area contributed by atoms with Crippen LogP contribution in [0.15, 0.2) is 59.6 Å². The van der Waals surface area contributed by atoms with Gasteiger partial charge < -0.3 is 60.6 Å². The highest BCUT2D eigenvalue weighted by Gasteiger charge is 2.35. The topological polar surface area (TPSA) is 368 Å². The lowest BCUT2D eigenvalue weighted by molar-refractivity contribution is -0.136. The van der Waals surface area contributed by atoms with E-state index in [9.17, 15) is 43.2 Å². The Balaban J connectivity index is 1.88. The Bertz CT molecular complexity index is 2240. The van der Waals surface area contributed by atoms with Crippen molar-refractivity contribution in [3.05, 3.63) is 75.8 Å². The van der Waals surface area contributed by atoms with Crippen LogP contribution in [0.3, 0.4) is 0 Å². The molecule has 16 N–H and O–H groups in total. The van der Waals surface area contributed by atoms with E-state index in [4.69, 9.17) is 51.9 Å². The summed E-state index contributed by atoms with van der Waals surface area (Å²) < 4.78 is 0. The normalized spacial score (nSPS) is 15.2. The maximum atomic E-state index is 14.3. The molecule has 2 aromatic rings. The van der Waals surface area contributed by atoms with Crippen LogP contribution in [-0.2, 0) is 49.6 Å². The third-order valence-corrected chi connectivity index (χ3v) is 12.2. The van der Waals surface area contributed by atoms with Gasteiger partial charge in [0.1, 0.15) is 36.3 Å². The highest BCUT2D eigenvalue weighted by molar-refractivity contribution is 6.42. The van der Waals surface area contributed by atoms with Gasteiger partial charge in [-0.3, -0.25) is 48.1 Å². The molecule has 21 nitrogen and oxygen atoms in total. The van der Waals surface area contributed by atoms with Crippen molar-refractivity contribution in [1.29, 1.82) is 0 Å². The van der Waals surface area contributed by atoms with Crippen molar-refractivity contribution in [2.45, 2.75) is 134 Å². The van der Waals surface area contributed by atoms with Gasteiger partial charge in [-0.1, -0.05) is 106 Å². The van der Waals surface area contributed by atoms with Crippen molar-refractivity contribution in [2.24, 2.45) is 45.5 Å². The highest BCUT2D eigenvalue weighted by Crippen LogP contribution is 2.28. The summed E-state index contributed by atoms with van der Waals surface area (Å²) in [6.07, 6.45) is 5.86. The number of carbonyl (C=O) groups is 9. The summed E-state index contributed by atoms with van der Waals surface area (Å²) in [5, 5.41) is 16.1. The van der Waals surface area contributed by atoms with Crippen LogP contribution in [0.4, 0.5) is 0 Å². The number of carbonyl (C=O) groups excluding carboxylic acids is 9. The van der Waals surface area contributed by atoms with E-state index in [-0.39, 0.29) is 79.3 Å². The first kappa shape index (κ1) is 58.6. The molecule has 1 fully saturated rings. The number of nitrogens with two attached hydrogens (primary N) is 5. The molecule has 2 aromatic carbocycles. The molecule has 0 aliphatic heterocycles. The molecule has 0 bridgehead atoms. The van der Waals surface area contributed by atoms with Crippen LogP contribution in [-0.4, -0.2) is 102 Å². The number of aliphatic imine (C=N–C) groups is 1. The number of nitrogens with zero attached hydrogens (tertiary/aromatic N) is 1. The maximum absolute atomic E-state index is 14.3. The molecule has 0 spiro atoms. The van der Waals surface area contributed by atoms with Crippen molar-refractivity contribution in [1.82, 2.24) is 31.9 Å². The molecule has 0 unspecified atom stereocenters. The SMILES string of the molecule is CC(C)C[C@H](NC(=O)[C@H](CC(N)=O)NC(=O)[C@H](CC1CCCCC1)NC(=O)[C@H](CCC(N)=O)NC(=O)[C@H](CCCN=C(N)N)NC(=O)/C=C/c1ccccc1)C(=O)N[C@@H](Cc1ccc(Cl)c(Cl)c1)C(N)=O. The first-order valence-corrected chi connectivity index (χ1v) is 24.3. The van der Waals surface area contributed by atoms with Gasteiger partial charge in [-0.2, -0.15) is 0 Å². The molecule has 23 heteroatoms. The van der Waals surface area contributed by atoms with Gasteiger partial charge in [0.15, 0.2) is 5.96 Å². The second-order valence-electron chi connectivity index (χ2n) is 18.0. The van der Waals surface area contributed by atoms with E-state index in [1.54, 1.807) is 50.3 Å². The molecule has 1 aliphatic carbocycles. The van der Waals surface area contributed by atoms with E-state index in [0.717, 1.165) is 37.7 Å². The van der Waals surface area contributed by atoms with Crippen molar-refractivity contribution in [3.8, 4) is 0 Å². The van der Waals surface area contributed by atoms with E-state index in [2.05, 4.69) is 36.9 Å². The molecule has 0 saturated heterocycles. The van der Waals surface area contributed by atoms with Crippen LogP contribution in [0.1, 0.15) is 102 Å². The van der Waals surface area contributed by atoms with Crippen LogP contribution < -0.4 is 60.6 Å². The second kappa shape index (κ2) is 30.1. The summed E-state index contributed by atoms with van der Waals surface area (Å²) in [4.78, 5) is 124. The number of guanidine groups is 1. The number of benzene rings is 2. The Hall–Kier alpha value is -6.74. The molecule has 1 aliphatic rings. The molecular formula is C48H68Cl2N12O9. The average Bonchev–Trinajstić information content (AvgIpc) is 3.30. The van der Waals surface area contributed by atoms with Crippen LogP contribution >= 0.6 is 23.2 Å². The number of hydrogen-bond donors (Lipinski definition) is 11. The van der Waals surface area contributed by atoms with Gasteiger partial charge in [0.05, 0.1) is 16.5 Å². The van der Waals surface area contributed by atoms with Crippen LogP contribution in [0.2, 0.25) is 10.0 Å². The monoisotopic (exact) mass is 1030 g/mol. The quantitative estimate of drug-likeness (QED) is 0.0235. The van der Waals surface area contributed by atoms with Gasteiger partial charge >= 0.3 is 0 Å². The highest BCUT2D eigenvalue weighted by atomic mass is 35.5. The second-order valence-corrected chi connectivity index (χ2v) is 18.8. The zero-order chi connectivity index (χ0) is 52.6. The van der Waals surface area contributed by atoms with Gasteiger partial charge in [0.25, 0.3) is 0 Å². The summed E-state index contributed by atoms with van der Waals surface area (Å²) in [6.45, 7) is 3.68. The Labute approximate surface area is 423 Å². The van der Waals surface area contributed by atoms with Crippen molar-refractivity contribution >= 4 is 88.4 Å². The molecule has 0 aromatic heterocycles. The zero-order valence-corrected chi connectivity index (χ0v) is 41.6. The number of amides is 9. The van der Waals surface area contributed by atoms with Crippen molar-refractivity contribution in [2.75, 3.05) is 6.54 Å². The fourth-order valence-corrected chi connectivity index (χ4v) is 8.19. The maximum Gasteiger partial charge on any atom is 0.244 e. The third-order valence-electron chi connectivity index (χ3n) is 11.5. The van der Waals surface area contributed by atoms with Gasteiger partial charge in [-0.15, -0.1) is 0 Å². The molecule has 388 valence electrons. The van der Waals surface area contributed by atoms with E-state index in [1.165, 1.54) is 18.2 Å². The molecule has 1 saturated carbocycles. The van der Waals surface area contributed by atoms with Crippen molar-refractivity contribution in [3.63, 3.8) is 0 Å². The smallest absolute Gasteiger partial charge is 0.244 e. The molecule has 0 heterocycles. The summed E-state index contributed by atoms with van der Waals surface area (Å²) in [5.74, 6) is -8.04. The average molecular weight is 1030 g/mol. The van der Waals surface area contributed by atoms with Gasteiger partial charge in [-0.05, 0) is 73.3 Å². The fourth-order valence-electron chi connectivity index (χ4n) is 7.87. The first-order valence-electron chi connectivity index (χ1n) is 23.5. The minimum Gasteiger partial charge on any atom is -0.370 e. The summed E-state index contributed by atoms with van der Waals surface area (Å²) in [6, 6.07) is 5.35. The molecular weight excluding hydrogens is 960 g/mol. The lowest BCUT2D eigenvalue weighted by atomic mass is 9.84. The minimum absolute atomic E-state index is 0.0257. The summed E-state index contributed by atoms with van der Waals surface area (Å²) >= 11 is 12.2. The predicted molar refractivity (Wildman–Crippen MR) is 269 cm³/mol. The number of rotatable bonds is 29. The largest absolute Gasteiger partial charge is 0.370 e. The van der Waals surface area contributed by atoms with Crippen LogP contribution in [0.5, 0.6) is 0 Å². The Morgan fingerprint density at radius 2 is 1.21 bits per heavy atom. The van der Waals surface area contributed by atoms with Crippen LogP contribution in [0, 0.1) is 11.8 Å². The van der Waals surface area contributed by atoms with E-state index in [0.29, 0.717) is 5.56 Å². The lowest BCUT2D eigenvalue weighted by Crippen LogP contribution is -2.60. The number of hydrogen-bond acceptors (Lipinski definition) is 10. The van der Waals surface area contributed by atoms with E-state index < -0.39 is 95.8 Å². The van der Waals surface area contributed by atoms with Gasteiger partial charge in [0.2, 0.25) is 53.2 Å². The Morgan fingerprint density at radius 3 is 1.80 bits per heavy atom. The fraction of sp³-hybridized carbons (Fsp3) is 0.500. The zero-order valence-electron chi connectivity index (χ0n) is 40.1. The van der Waals surface area contributed by atoms with Crippen molar-refractivity contribution < 1.29 is 43.2 Å². The molecule has 71 heavy (non-hydrogen) atoms. The molecule has 6 atom stereocenters. The lowest BCUT2D eigenvalue weighted by Gasteiger charge is -2.30. The standard InChI is InChI=1S/C48H68Cl2N12O9/c1-27(2)22-36(45(69)59-35(42(53)66)25-30-15-17-31(49)32(50)23-30)60-47(71)38(26-40(52)64)62-46(70)37(24-29-12-7-4-8-13-29)61-44(68)34(18-19-39(51)63)58-43(67)33(14-9-21-56-48(54)55)57-41(65)20-16-28-10-5-3-6-11-28/h3,5-6,10-11,15-17,20,23,27,29,33-38H,4,7-9,12-14,18-19,21-22,24-26H2,1-2H3,(H2,51,63)(H2,52,64)(H2,53,66)(H,57,65)(H,58,67)(H,59,69)(H,60,71)(H,61,68)(H,62,70)(H4,54,55,56)/b20-16+/t33-,34-,35-,36-,37-,38-/m0/s1. The molecule has 9 amide bonds. The van der Waals surface area contributed by atoms with Gasteiger partial charge in [0, 0.05) is 25.5 Å².